The number of hydrogen-bond acceptors (Lipinski definition) is 9. The van der Waals surface area contributed by atoms with E-state index >= 15 is 0 Å². The molecule has 2 aromatic heterocycles. The van der Waals surface area contributed by atoms with E-state index in [0.717, 1.165) is 91.7 Å². The van der Waals surface area contributed by atoms with Crippen LogP contribution in [-0.4, -0.2) is 96.9 Å². The lowest BCUT2D eigenvalue weighted by atomic mass is 10.1. The van der Waals surface area contributed by atoms with Gasteiger partial charge in [-0.15, -0.1) is 10.2 Å². The summed E-state index contributed by atoms with van der Waals surface area (Å²) in [6.45, 7) is 6.51. The molecule has 308 valence electrons. The molecule has 2 fully saturated rings. The minimum absolute atomic E-state index is 0.0168. The fourth-order valence-corrected chi connectivity index (χ4v) is 7.66. The first kappa shape index (κ1) is 40.1. The summed E-state index contributed by atoms with van der Waals surface area (Å²) in [6, 6.07) is 29.5. The highest BCUT2D eigenvalue weighted by Gasteiger charge is 2.15. The molecule has 0 saturated carbocycles. The summed E-state index contributed by atoms with van der Waals surface area (Å²) in [4.78, 5) is 42.7. The Morgan fingerprint density at radius 3 is 1.53 bits per heavy atom. The van der Waals surface area contributed by atoms with Gasteiger partial charge in [0.25, 0.3) is 0 Å². The zero-order valence-electron chi connectivity index (χ0n) is 33.6. The van der Waals surface area contributed by atoms with Gasteiger partial charge in [-0.05, 0) is 151 Å². The van der Waals surface area contributed by atoms with Crippen LogP contribution in [0, 0.1) is 0 Å². The molecule has 2 saturated heterocycles. The largest absolute Gasteiger partial charge is 0.326 e. The standard InChI is InChI=1S/C45H50N12O3/c58-43(7-5-29-54-25-1-2-26-54)47-35-17-21-39(22-18-35)56-32-41(51-53-56)33-9-13-37(14-10-33)49-45(60)50-38-15-11-34(12-16-38)42-31-46-52-57(42)40-23-19-36(20-24-40)48-44(59)8-6-30-55-27-3-4-28-55/h9-24,31-32H,1-8,25-30H2,(H,47,58)(H,48,59)(H2,49,50,60). The number of carbonyl (C=O) groups excluding carboxylic acids is 3. The number of rotatable bonds is 16. The first-order chi connectivity index (χ1) is 29.4. The highest BCUT2D eigenvalue weighted by molar-refractivity contribution is 6.00. The Kier molecular flexibility index (Phi) is 12.9. The predicted molar refractivity (Wildman–Crippen MR) is 233 cm³/mol. The molecule has 4 amide bonds. The van der Waals surface area contributed by atoms with Crippen LogP contribution in [0.2, 0.25) is 0 Å². The second-order valence-corrected chi connectivity index (χ2v) is 15.3. The molecule has 4 heterocycles. The summed E-state index contributed by atoms with van der Waals surface area (Å²) in [5.74, 6) is 0.0398. The van der Waals surface area contributed by atoms with Crippen molar-refractivity contribution < 1.29 is 14.4 Å². The molecule has 2 aliphatic heterocycles. The van der Waals surface area contributed by atoms with E-state index in [1.165, 1.54) is 25.7 Å². The summed E-state index contributed by atoms with van der Waals surface area (Å²) in [5, 5.41) is 28.8. The van der Waals surface area contributed by atoms with Crippen LogP contribution in [0.3, 0.4) is 0 Å². The Balaban J connectivity index is 0.790. The van der Waals surface area contributed by atoms with Gasteiger partial charge in [-0.25, -0.2) is 14.2 Å². The summed E-state index contributed by atoms with van der Waals surface area (Å²) < 4.78 is 3.42. The zero-order chi connectivity index (χ0) is 41.1. The van der Waals surface area contributed by atoms with E-state index in [1.54, 1.807) is 15.6 Å². The van der Waals surface area contributed by atoms with Crippen molar-refractivity contribution in [2.24, 2.45) is 0 Å². The van der Waals surface area contributed by atoms with Crippen LogP contribution in [0.15, 0.2) is 109 Å². The maximum atomic E-state index is 12.9. The number of anilines is 4. The normalized spacial score (nSPS) is 14.3. The SMILES string of the molecule is O=C(CCCN1CCCC1)Nc1ccc(-n2cc(-c3ccc(NC(=O)Nc4ccc(-c5cnnn5-c5ccc(NC(=O)CCCN6CCCC6)cc5)cc4)cc3)nn2)cc1. The molecule has 60 heavy (non-hydrogen) atoms. The summed E-state index contributed by atoms with van der Waals surface area (Å²) in [5.41, 5.74) is 7.51. The molecule has 0 atom stereocenters. The van der Waals surface area contributed by atoms with Gasteiger partial charge < -0.3 is 31.1 Å². The second-order valence-electron chi connectivity index (χ2n) is 15.3. The van der Waals surface area contributed by atoms with E-state index in [4.69, 9.17) is 0 Å². The molecule has 0 spiro atoms. The molecule has 2 aliphatic rings. The van der Waals surface area contributed by atoms with Crippen molar-refractivity contribution in [2.75, 3.05) is 60.5 Å². The van der Waals surface area contributed by atoms with E-state index in [9.17, 15) is 14.4 Å². The molecule has 15 nitrogen and oxygen atoms in total. The minimum atomic E-state index is -0.381. The van der Waals surface area contributed by atoms with E-state index in [-0.39, 0.29) is 17.8 Å². The third-order valence-corrected chi connectivity index (χ3v) is 10.9. The average molecular weight is 807 g/mol. The van der Waals surface area contributed by atoms with Gasteiger partial charge in [0, 0.05) is 46.7 Å². The van der Waals surface area contributed by atoms with Gasteiger partial charge in [0.1, 0.15) is 5.69 Å². The van der Waals surface area contributed by atoms with Crippen molar-refractivity contribution >= 4 is 40.6 Å². The third kappa shape index (κ3) is 10.7. The number of nitrogens with zero attached hydrogens (tertiary/aromatic N) is 8. The first-order valence-corrected chi connectivity index (χ1v) is 20.8. The van der Waals surface area contributed by atoms with E-state index in [0.29, 0.717) is 29.9 Å². The van der Waals surface area contributed by atoms with Crippen LogP contribution in [0.4, 0.5) is 27.5 Å². The Bertz CT molecular complexity index is 2340. The molecule has 8 rings (SSSR count). The Hall–Kier alpha value is -6.71. The van der Waals surface area contributed by atoms with Gasteiger partial charge in [-0.1, -0.05) is 34.7 Å². The highest BCUT2D eigenvalue weighted by atomic mass is 16.2. The molecule has 0 bridgehead atoms. The summed E-state index contributed by atoms with van der Waals surface area (Å²) >= 11 is 0. The maximum absolute atomic E-state index is 12.9. The van der Waals surface area contributed by atoms with Crippen LogP contribution in [-0.2, 0) is 9.59 Å². The molecule has 6 aromatic rings. The lowest BCUT2D eigenvalue weighted by Crippen LogP contribution is -2.22. The van der Waals surface area contributed by atoms with Crippen LogP contribution in [0.25, 0.3) is 33.9 Å². The van der Waals surface area contributed by atoms with Gasteiger partial charge in [0.2, 0.25) is 11.8 Å². The number of likely N-dealkylation sites (tertiary alicyclic amines) is 2. The van der Waals surface area contributed by atoms with Crippen molar-refractivity contribution in [1.82, 2.24) is 39.8 Å². The quantitative estimate of drug-likeness (QED) is 0.0777. The number of nitrogens with one attached hydrogen (secondary N) is 4. The zero-order valence-corrected chi connectivity index (χ0v) is 33.6. The fraction of sp³-hybridized carbons (Fsp3) is 0.311. The van der Waals surface area contributed by atoms with Crippen LogP contribution < -0.4 is 21.3 Å². The minimum Gasteiger partial charge on any atom is -0.326 e. The van der Waals surface area contributed by atoms with Crippen LogP contribution in [0.5, 0.6) is 0 Å². The first-order valence-electron chi connectivity index (χ1n) is 20.8. The van der Waals surface area contributed by atoms with Crippen molar-refractivity contribution in [3.63, 3.8) is 0 Å². The monoisotopic (exact) mass is 806 g/mol. The highest BCUT2D eigenvalue weighted by Crippen LogP contribution is 2.25. The topological polar surface area (TPSA) is 167 Å². The van der Waals surface area contributed by atoms with Gasteiger partial charge in [-0.2, -0.15) is 0 Å². The average Bonchev–Trinajstić information content (AvgIpc) is 4.12. The summed E-state index contributed by atoms with van der Waals surface area (Å²) in [6.07, 6.45) is 11.3. The predicted octanol–water partition coefficient (Wildman–Crippen LogP) is 7.46. The molecule has 4 aromatic carbocycles. The lowest BCUT2D eigenvalue weighted by molar-refractivity contribution is -0.117. The van der Waals surface area contributed by atoms with Gasteiger partial charge >= 0.3 is 6.03 Å². The van der Waals surface area contributed by atoms with Gasteiger partial charge in [0.05, 0.1) is 29.5 Å². The molecule has 0 aliphatic carbocycles. The lowest BCUT2D eigenvalue weighted by Gasteiger charge is -2.14. The van der Waals surface area contributed by atoms with E-state index in [1.807, 2.05) is 103 Å². The number of carbonyl (C=O) groups is 3. The second kappa shape index (κ2) is 19.4. The number of aromatic nitrogens is 6. The number of hydrogen-bond donors (Lipinski definition) is 4. The molecular weight excluding hydrogens is 757 g/mol. The van der Waals surface area contributed by atoms with Crippen LogP contribution in [0.1, 0.15) is 51.4 Å². The summed E-state index contributed by atoms with van der Waals surface area (Å²) in [7, 11) is 0. The number of amides is 4. The fourth-order valence-electron chi connectivity index (χ4n) is 7.66. The van der Waals surface area contributed by atoms with Crippen molar-refractivity contribution in [3.05, 3.63) is 109 Å². The molecule has 15 heteroatoms. The van der Waals surface area contributed by atoms with Crippen molar-refractivity contribution in [1.29, 1.82) is 0 Å². The Labute approximate surface area is 349 Å². The Morgan fingerprint density at radius 2 is 1.00 bits per heavy atom. The smallest absolute Gasteiger partial charge is 0.323 e. The maximum Gasteiger partial charge on any atom is 0.323 e. The third-order valence-electron chi connectivity index (χ3n) is 10.9. The van der Waals surface area contributed by atoms with Crippen molar-refractivity contribution in [2.45, 2.75) is 51.4 Å². The number of urea groups is 1. The van der Waals surface area contributed by atoms with E-state index in [2.05, 4.69) is 51.7 Å². The molecular formula is C45H50N12O3. The van der Waals surface area contributed by atoms with Gasteiger partial charge in [0.15, 0.2) is 0 Å². The van der Waals surface area contributed by atoms with E-state index < -0.39 is 0 Å². The number of benzene rings is 4. The van der Waals surface area contributed by atoms with Crippen molar-refractivity contribution in [3.8, 4) is 33.9 Å². The molecule has 0 unspecified atom stereocenters. The molecule has 4 N–H and O–H groups in total. The Morgan fingerprint density at radius 1 is 0.533 bits per heavy atom. The van der Waals surface area contributed by atoms with Gasteiger partial charge in [-0.3, -0.25) is 9.59 Å². The molecule has 0 radical (unpaired) electrons. The van der Waals surface area contributed by atoms with Crippen LogP contribution >= 0.6 is 0 Å².